The van der Waals surface area contributed by atoms with E-state index in [4.69, 9.17) is 5.53 Å². The average molecular weight is 248 g/mol. The molecule has 0 aliphatic carbocycles. The minimum atomic E-state index is -0.417. The zero-order valence-electron chi connectivity index (χ0n) is 10.8. The summed E-state index contributed by atoms with van der Waals surface area (Å²) in [6, 6.07) is 5.47. The Morgan fingerprint density at radius 1 is 1.56 bits per heavy atom. The van der Waals surface area contributed by atoms with Crippen LogP contribution in [0, 0.1) is 0 Å². The van der Waals surface area contributed by atoms with Gasteiger partial charge in [-0.25, -0.2) is 0 Å². The van der Waals surface area contributed by atoms with Crippen molar-refractivity contribution in [2.45, 2.75) is 32.2 Å². The minimum Gasteiger partial charge on any atom is -0.469 e. The van der Waals surface area contributed by atoms with Gasteiger partial charge in [0.15, 0.2) is 0 Å². The number of azide groups is 1. The number of carbonyl (C=O) groups excluding carboxylic acids is 1. The van der Waals surface area contributed by atoms with Crippen LogP contribution < -0.4 is 0 Å². The van der Waals surface area contributed by atoms with Crippen molar-refractivity contribution < 1.29 is 9.53 Å². The van der Waals surface area contributed by atoms with Gasteiger partial charge < -0.3 is 4.74 Å². The number of aromatic nitrogens is 1. The SMILES string of the molecule is COC(=O)CC(C)(C)c1cccc(CN=[N+]=[N-])n1. The smallest absolute Gasteiger partial charge is 0.306 e. The predicted molar refractivity (Wildman–Crippen MR) is 66.7 cm³/mol. The molecule has 1 aromatic rings. The van der Waals surface area contributed by atoms with Crippen LogP contribution in [-0.4, -0.2) is 18.1 Å². The lowest BCUT2D eigenvalue weighted by Crippen LogP contribution is -2.24. The summed E-state index contributed by atoms with van der Waals surface area (Å²) >= 11 is 0. The lowest BCUT2D eigenvalue weighted by atomic mass is 9.85. The summed E-state index contributed by atoms with van der Waals surface area (Å²) in [5.74, 6) is -0.276. The van der Waals surface area contributed by atoms with Crippen molar-refractivity contribution in [3.05, 3.63) is 40.0 Å². The van der Waals surface area contributed by atoms with Crippen molar-refractivity contribution in [2.24, 2.45) is 5.11 Å². The molecule has 0 amide bonds. The molecule has 96 valence electrons. The number of methoxy groups -OCH3 is 1. The summed E-state index contributed by atoms with van der Waals surface area (Å²) in [4.78, 5) is 18.4. The van der Waals surface area contributed by atoms with Crippen LogP contribution in [0.2, 0.25) is 0 Å². The van der Waals surface area contributed by atoms with Crippen molar-refractivity contribution in [3.8, 4) is 0 Å². The highest BCUT2D eigenvalue weighted by Crippen LogP contribution is 2.26. The molecule has 0 unspecified atom stereocenters. The highest BCUT2D eigenvalue weighted by Gasteiger charge is 2.26. The molecular weight excluding hydrogens is 232 g/mol. The van der Waals surface area contributed by atoms with Gasteiger partial charge in [-0.15, -0.1) is 0 Å². The van der Waals surface area contributed by atoms with Crippen molar-refractivity contribution >= 4 is 5.97 Å². The largest absolute Gasteiger partial charge is 0.469 e. The van der Waals surface area contributed by atoms with E-state index < -0.39 is 5.41 Å². The Morgan fingerprint density at radius 2 is 2.28 bits per heavy atom. The molecule has 18 heavy (non-hydrogen) atoms. The molecule has 0 saturated heterocycles. The molecule has 0 saturated carbocycles. The van der Waals surface area contributed by atoms with Crippen LogP contribution in [0.3, 0.4) is 0 Å². The fourth-order valence-corrected chi connectivity index (χ4v) is 1.57. The Labute approximate surface area is 106 Å². The zero-order chi connectivity index (χ0) is 13.6. The molecule has 0 aliphatic rings. The predicted octanol–water partition coefficient (Wildman–Crippen LogP) is 2.73. The third-order valence-corrected chi connectivity index (χ3v) is 2.61. The van der Waals surface area contributed by atoms with E-state index in [0.29, 0.717) is 5.69 Å². The number of nitrogens with zero attached hydrogens (tertiary/aromatic N) is 4. The third kappa shape index (κ3) is 3.75. The molecule has 0 bridgehead atoms. The monoisotopic (exact) mass is 248 g/mol. The standard InChI is InChI=1S/C12H16N4O2/c1-12(2,7-11(17)18-3)10-6-4-5-9(15-10)8-14-16-13/h4-6H,7-8H2,1-3H3. The molecule has 0 spiro atoms. The number of hydrogen-bond acceptors (Lipinski definition) is 4. The number of esters is 1. The maximum atomic E-state index is 11.3. The number of carbonyl (C=O) groups is 1. The van der Waals surface area contributed by atoms with Gasteiger partial charge in [-0.3, -0.25) is 9.78 Å². The lowest BCUT2D eigenvalue weighted by molar-refractivity contribution is -0.141. The van der Waals surface area contributed by atoms with E-state index in [9.17, 15) is 4.79 Å². The van der Waals surface area contributed by atoms with E-state index in [1.165, 1.54) is 7.11 Å². The van der Waals surface area contributed by atoms with Crippen LogP contribution in [0.1, 0.15) is 31.7 Å². The molecule has 1 heterocycles. The Morgan fingerprint density at radius 3 is 2.89 bits per heavy atom. The Balaban J connectivity index is 2.93. The van der Waals surface area contributed by atoms with Crippen molar-refractivity contribution in [2.75, 3.05) is 7.11 Å². The zero-order valence-corrected chi connectivity index (χ0v) is 10.8. The molecule has 0 aliphatic heterocycles. The second kappa shape index (κ2) is 6.02. The van der Waals surface area contributed by atoms with Gasteiger partial charge in [0.2, 0.25) is 0 Å². The van der Waals surface area contributed by atoms with Crippen LogP contribution in [0.5, 0.6) is 0 Å². The van der Waals surface area contributed by atoms with E-state index in [1.54, 1.807) is 6.07 Å². The van der Waals surface area contributed by atoms with Crippen molar-refractivity contribution in [1.82, 2.24) is 4.98 Å². The van der Waals surface area contributed by atoms with Gasteiger partial charge in [0.25, 0.3) is 0 Å². The highest BCUT2D eigenvalue weighted by molar-refractivity contribution is 5.71. The number of rotatable bonds is 5. The minimum absolute atomic E-state index is 0.207. The van der Waals surface area contributed by atoms with Gasteiger partial charge in [-0.1, -0.05) is 25.0 Å². The first-order chi connectivity index (χ1) is 8.49. The van der Waals surface area contributed by atoms with Crippen LogP contribution in [-0.2, 0) is 21.5 Å². The first-order valence-electron chi connectivity index (χ1n) is 5.53. The van der Waals surface area contributed by atoms with E-state index in [2.05, 4.69) is 19.7 Å². The van der Waals surface area contributed by atoms with Crippen LogP contribution >= 0.6 is 0 Å². The van der Waals surface area contributed by atoms with E-state index >= 15 is 0 Å². The van der Waals surface area contributed by atoms with Gasteiger partial charge in [0.05, 0.1) is 20.1 Å². The summed E-state index contributed by atoms with van der Waals surface area (Å²) in [6.45, 7) is 4.05. The summed E-state index contributed by atoms with van der Waals surface area (Å²) in [5.41, 5.74) is 9.32. The summed E-state index contributed by atoms with van der Waals surface area (Å²) < 4.78 is 4.67. The molecule has 0 fully saturated rings. The first kappa shape index (κ1) is 14.0. The van der Waals surface area contributed by atoms with Crippen molar-refractivity contribution in [1.29, 1.82) is 0 Å². The van der Waals surface area contributed by atoms with Crippen LogP contribution in [0.15, 0.2) is 23.3 Å². The van der Waals surface area contributed by atoms with Gasteiger partial charge >= 0.3 is 5.97 Å². The van der Waals surface area contributed by atoms with E-state index in [1.807, 2.05) is 26.0 Å². The molecule has 1 rings (SSSR count). The summed E-state index contributed by atoms with van der Waals surface area (Å²) in [6.07, 6.45) is 0.251. The first-order valence-corrected chi connectivity index (χ1v) is 5.53. The van der Waals surface area contributed by atoms with E-state index in [0.717, 1.165) is 5.69 Å². The Hall–Kier alpha value is -2.07. The Kier molecular flexibility index (Phi) is 4.68. The van der Waals surface area contributed by atoms with Gasteiger partial charge in [0, 0.05) is 21.7 Å². The highest BCUT2D eigenvalue weighted by atomic mass is 16.5. The van der Waals surface area contributed by atoms with Crippen molar-refractivity contribution in [3.63, 3.8) is 0 Å². The van der Waals surface area contributed by atoms with Gasteiger partial charge in [-0.2, -0.15) is 0 Å². The number of hydrogen-bond donors (Lipinski definition) is 0. The molecule has 1 aromatic heterocycles. The van der Waals surface area contributed by atoms with E-state index in [-0.39, 0.29) is 18.9 Å². The average Bonchev–Trinajstić information content (AvgIpc) is 2.36. The van der Waals surface area contributed by atoms with Crippen LogP contribution in [0.25, 0.3) is 10.4 Å². The molecule has 6 nitrogen and oxygen atoms in total. The third-order valence-electron chi connectivity index (χ3n) is 2.61. The summed E-state index contributed by atoms with van der Waals surface area (Å²) in [7, 11) is 1.36. The maximum absolute atomic E-state index is 11.3. The molecule has 0 atom stereocenters. The number of pyridine rings is 1. The second-order valence-corrected chi connectivity index (χ2v) is 4.54. The van der Waals surface area contributed by atoms with Crippen LogP contribution in [0.4, 0.5) is 0 Å². The lowest BCUT2D eigenvalue weighted by Gasteiger charge is -2.22. The normalized spacial score (nSPS) is 10.6. The molecule has 6 heteroatoms. The summed E-state index contributed by atoms with van der Waals surface area (Å²) in [5, 5.41) is 3.47. The molecular formula is C12H16N4O2. The topological polar surface area (TPSA) is 88.0 Å². The maximum Gasteiger partial charge on any atom is 0.306 e. The second-order valence-electron chi connectivity index (χ2n) is 4.54. The molecule has 0 N–H and O–H groups in total. The number of ether oxygens (including phenoxy) is 1. The van der Waals surface area contributed by atoms with Gasteiger partial charge in [-0.05, 0) is 17.7 Å². The fraction of sp³-hybridized carbons (Fsp3) is 0.500. The fourth-order valence-electron chi connectivity index (χ4n) is 1.57. The molecule has 0 radical (unpaired) electrons. The van der Waals surface area contributed by atoms with Gasteiger partial charge in [0.1, 0.15) is 0 Å². The Bertz CT molecular complexity index is 479. The quantitative estimate of drug-likeness (QED) is 0.347. The molecule has 0 aromatic carbocycles.